The Bertz CT molecular complexity index is 439. The number of benzene rings is 1. The molecule has 1 aromatic rings. The third kappa shape index (κ3) is 4.91. The summed E-state index contributed by atoms with van der Waals surface area (Å²) < 4.78 is 13.4. The Morgan fingerprint density at radius 3 is 2.79 bits per heavy atom. The molecule has 0 aliphatic carbocycles. The molecule has 0 bridgehead atoms. The normalized spacial score (nSPS) is 12.5. The van der Waals surface area contributed by atoms with E-state index in [1.54, 1.807) is 0 Å². The maximum Gasteiger partial charge on any atom is 0.252 e. The quantitative estimate of drug-likeness (QED) is 0.869. The van der Waals surface area contributed by atoms with Crippen molar-refractivity contribution in [2.24, 2.45) is 0 Å². The molecule has 1 amide bonds. The van der Waals surface area contributed by atoms with Crippen molar-refractivity contribution in [2.45, 2.75) is 26.3 Å². The lowest BCUT2D eigenvalue weighted by atomic mass is 10.2. The molecule has 1 N–H and O–H groups in total. The number of nitrogens with zero attached hydrogens (tertiary/aromatic N) is 1. The molecule has 0 saturated carbocycles. The van der Waals surface area contributed by atoms with Gasteiger partial charge >= 0.3 is 0 Å². The Morgan fingerprint density at radius 2 is 2.21 bits per heavy atom. The molecule has 1 aromatic carbocycles. The maximum atomic E-state index is 12.9. The molecule has 0 aromatic heterocycles. The van der Waals surface area contributed by atoms with Crippen LogP contribution in [0.25, 0.3) is 0 Å². The number of amides is 1. The summed E-state index contributed by atoms with van der Waals surface area (Å²) in [6.45, 7) is 5.65. The van der Waals surface area contributed by atoms with Crippen LogP contribution in [0.5, 0.6) is 0 Å². The highest BCUT2D eigenvalue weighted by molar-refractivity contribution is 9.10. The number of rotatable bonds is 6. The van der Waals surface area contributed by atoms with Gasteiger partial charge < -0.3 is 10.2 Å². The van der Waals surface area contributed by atoms with Crippen molar-refractivity contribution < 1.29 is 9.18 Å². The number of nitrogens with one attached hydrogen (secondary N) is 1. The summed E-state index contributed by atoms with van der Waals surface area (Å²) in [5.41, 5.74) is 0.451. The third-order valence-electron chi connectivity index (χ3n) is 3.27. The fourth-order valence-electron chi connectivity index (χ4n) is 1.65. The van der Waals surface area contributed by atoms with E-state index >= 15 is 0 Å². The Kier molecular flexibility index (Phi) is 6.45. The average molecular weight is 331 g/mol. The minimum absolute atomic E-state index is 0.190. The van der Waals surface area contributed by atoms with Crippen molar-refractivity contribution in [1.82, 2.24) is 10.2 Å². The summed E-state index contributed by atoms with van der Waals surface area (Å²) in [4.78, 5) is 14.1. The Hall–Kier alpha value is -0.940. The second kappa shape index (κ2) is 7.60. The van der Waals surface area contributed by atoms with E-state index in [4.69, 9.17) is 0 Å². The summed E-state index contributed by atoms with van der Waals surface area (Å²) in [6.07, 6.45) is 1.08. The van der Waals surface area contributed by atoms with Crippen LogP contribution in [0.15, 0.2) is 22.7 Å². The lowest BCUT2D eigenvalue weighted by Crippen LogP contribution is -2.37. The van der Waals surface area contributed by atoms with E-state index in [0.29, 0.717) is 22.6 Å². The first-order valence-electron chi connectivity index (χ1n) is 6.39. The van der Waals surface area contributed by atoms with Gasteiger partial charge in [-0.05, 0) is 54.5 Å². The summed E-state index contributed by atoms with van der Waals surface area (Å²) >= 11 is 3.19. The predicted molar refractivity (Wildman–Crippen MR) is 78.8 cm³/mol. The lowest BCUT2D eigenvalue weighted by molar-refractivity contribution is 0.0946. The van der Waals surface area contributed by atoms with Crippen LogP contribution in [0.3, 0.4) is 0 Å². The fraction of sp³-hybridized carbons (Fsp3) is 0.500. The van der Waals surface area contributed by atoms with E-state index in [2.05, 4.69) is 40.0 Å². The van der Waals surface area contributed by atoms with Gasteiger partial charge in [0, 0.05) is 23.6 Å². The average Bonchev–Trinajstić information content (AvgIpc) is 2.37. The highest BCUT2D eigenvalue weighted by Crippen LogP contribution is 2.17. The maximum absolute atomic E-state index is 12.9. The SMILES string of the molecule is CC[C@H](C)N(C)CCNC(=O)c1ccc(F)cc1Br. The number of halogens is 2. The molecule has 0 aliphatic rings. The zero-order chi connectivity index (χ0) is 14.4. The molecule has 3 nitrogen and oxygen atoms in total. The zero-order valence-corrected chi connectivity index (χ0v) is 13.1. The van der Waals surface area contributed by atoms with Gasteiger partial charge in [0.1, 0.15) is 5.82 Å². The van der Waals surface area contributed by atoms with Gasteiger partial charge in [0.2, 0.25) is 0 Å². The molecule has 5 heteroatoms. The van der Waals surface area contributed by atoms with Gasteiger partial charge in [0.05, 0.1) is 5.56 Å². The Balaban J connectivity index is 2.47. The second-order valence-electron chi connectivity index (χ2n) is 4.62. The molecule has 19 heavy (non-hydrogen) atoms. The molecule has 106 valence electrons. The van der Waals surface area contributed by atoms with Crippen LogP contribution in [0, 0.1) is 5.82 Å². The zero-order valence-electron chi connectivity index (χ0n) is 11.5. The van der Waals surface area contributed by atoms with E-state index in [1.165, 1.54) is 18.2 Å². The van der Waals surface area contributed by atoms with Gasteiger partial charge in [0.15, 0.2) is 0 Å². The van der Waals surface area contributed by atoms with Crippen molar-refractivity contribution in [3.8, 4) is 0 Å². The van der Waals surface area contributed by atoms with Crippen LogP contribution in [0.1, 0.15) is 30.6 Å². The smallest absolute Gasteiger partial charge is 0.252 e. The van der Waals surface area contributed by atoms with E-state index in [1.807, 2.05) is 7.05 Å². The number of likely N-dealkylation sites (N-methyl/N-ethyl adjacent to an activating group) is 1. The number of hydrogen-bond donors (Lipinski definition) is 1. The van der Waals surface area contributed by atoms with Crippen LogP contribution in [-0.4, -0.2) is 37.0 Å². The summed E-state index contributed by atoms with van der Waals surface area (Å²) in [5, 5.41) is 2.84. The molecule has 0 radical (unpaired) electrons. The first-order valence-corrected chi connectivity index (χ1v) is 7.18. The Morgan fingerprint density at radius 1 is 1.53 bits per heavy atom. The van der Waals surface area contributed by atoms with Crippen molar-refractivity contribution in [1.29, 1.82) is 0 Å². The van der Waals surface area contributed by atoms with E-state index < -0.39 is 0 Å². The molecule has 1 rings (SSSR count). The topological polar surface area (TPSA) is 32.3 Å². The number of carbonyl (C=O) groups is 1. The van der Waals surface area contributed by atoms with Crippen LogP contribution >= 0.6 is 15.9 Å². The number of hydrogen-bond acceptors (Lipinski definition) is 2. The van der Waals surface area contributed by atoms with Gasteiger partial charge in [-0.3, -0.25) is 4.79 Å². The van der Waals surface area contributed by atoms with E-state index in [9.17, 15) is 9.18 Å². The highest BCUT2D eigenvalue weighted by atomic mass is 79.9. The van der Waals surface area contributed by atoms with Crippen molar-refractivity contribution >= 4 is 21.8 Å². The minimum Gasteiger partial charge on any atom is -0.351 e. The van der Waals surface area contributed by atoms with Crippen molar-refractivity contribution in [2.75, 3.05) is 20.1 Å². The van der Waals surface area contributed by atoms with Crippen LogP contribution in [0.4, 0.5) is 4.39 Å². The minimum atomic E-state index is -0.361. The standard InChI is InChI=1S/C14H20BrFN2O/c1-4-10(2)18(3)8-7-17-14(19)12-6-5-11(16)9-13(12)15/h5-6,9-10H,4,7-8H2,1-3H3,(H,17,19)/t10-/m0/s1. The van der Waals surface area contributed by atoms with Gasteiger partial charge in [-0.15, -0.1) is 0 Å². The van der Waals surface area contributed by atoms with Crippen molar-refractivity contribution in [3.05, 3.63) is 34.1 Å². The molecule has 1 atom stereocenters. The van der Waals surface area contributed by atoms with Crippen LogP contribution < -0.4 is 5.32 Å². The van der Waals surface area contributed by atoms with E-state index in [-0.39, 0.29) is 11.7 Å². The molecule has 0 saturated heterocycles. The molecule has 0 spiro atoms. The molecule has 0 heterocycles. The van der Waals surface area contributed by atoms with Gasteiger partial charge in [-0.1, -0.05) is 6.92 Å². The number of carbonyl (C=O) groups excluding carboxylic acids is 1. The lowest BCUT2D eigenvalue weighted by Gasteiger charge is -2.23. The molecule has 0 unspecified atom stereocenters. The molecule has 0 fully saturated rings. The van der Waals surface area contributed by atoms with Gasteiger partial charge in [0.25, 0.3) is 5.91 Å². The predicted octanol–water partition coefficient (Wildman–Crippen LogP) is 3.05. The third-order valence-corrected chi connectivity index (χ3v) is 3.93. The summed E-state index contributed by atoms with van der Waals surface area (Å²) in [7, 11) is 2.04. The molecular weight excluding hydrogens is 311 g/mol. The second-order valence-corrected chi connectivity index (χ2v) is 5.47. The fourth-order valence-corrected chi connectivity index (χ4v) is 2.18. The summed E-state index contributed by atoms with van der Waals surface area (Å²) in [5.74, 6) is -0.552. The monoisotopic (exact) mass is 330 g/mol. The van der Waals surface area contributed by atoms with Crippen LogP contribution in [-0.2, 0) is 0 Å². The molecule has 0 aliphatic heterocycles. The molecular formula is C14H20BrFN2O. The van der Waals surface area contributed by atoms with Gasteiger partial charge in [-0.25, -0.2) is 4.39 Å². The first-order chi connectivity index (χ1) is 8.95. The van der Waals surface area contributed by atoms with Gasteiger partial charge in [-0.2, -0.15) is 0 Å². The van der Waals surface area contributed by atoms with Crippen molar-refractivity contribution in [3.63, 3.8) is 0 Å². The summed E-state index contributed by atoms with van der Waals surface area (Å²) in [6, 6.07) is 4.55. The van der Waals surface area contributed by atoms with E-state index in [0.717, 1.165) is 13.0 Å². The Labute approximate surface area is 122 Å². The largest absolute Gasteiger partial charge is 0.351 e. The first kappa shape index (κ1) is 16.1. The highest BCUT2D eigenvalue weighted by Gasteiger charge is 2.11. The van der Waals surface area contributed by atoms with Crippen LogP contribution in [0.2, 0.25) is 0 Å².